The van der Waals surface area contributed by atoms with E-state index in [1.807, 2.05) is 0 Å². The second-order valence-corrected chi connectivity index (χ2v) is 17.0. The molecule has 4 aliphatic rings. The third-order valence-corrected chi connectivity index (χ3v) is 13.6. The van der Waals surface area contributed by atoms with E-state index in [9.17, 15) is 0 Å². The number of hydrogen-bond acceptors (Lipinski definition) is 1. The molecule has 8 aromatic carbocycles. The van der Waals surface area contributed by atoms with Crippen molar-refractivity contribution < 1.29 is 0 Å². The van der Waals surface area contributed by atoms with Crippen LogP contribution in [0.2, 0.25) is 0 Å². The van der Waals surface area contributed by atoms with Crippen molar-refractivity contribution in [3.8, 4) is 44.5 Å². The monoisotopic (exact) mass is 733 g/mol. The summed E-state index contributed by atoms with van der Waals surface area (Å²) >= 11 is 0. The van der Waals surface area contributed by atoms with Gasteiger partial charge in [0.15, 0.2) is 0 Å². The van der Waals surface area contributed by atoms with Gasteiger partial charge in [0.1, 0.15) is 0 Å². The van der Waals surface area contributed by atoms with E-state index >= 15 is 0 Å². The van der Waals surface area contributed by atoms with Crippen molar-refractivity contribution in [1.82, 2.24) is 0 Å². The lowest BCUT2D eigenvalue weighted by Crippen LogP contribution is -2.43. The van der Waals surface area contributed by atoms with Crippen molar-refractivity contribution in [3.63, 3.8) is 0 Å². The molecule has 0 N–H and O–H groups in total. The molecular formula is C56H47N. The number of hydrogen-bond donors (Lipinski definition) is 0. The molecule has 0 spiro atoms. The first kappa shape index (κ1) is 34.1. The topological polar surface area (TPSA) is 3.24 Å². The summed E-state index contributed by atoms with van der Waals surface area (Å²) in [5.41, 5.74) is 15.0. The van der Waals surface area contributed by atoms with Gasteiger partial charge in [-0.2, -0.15) is 0 Å². The number of nitrogens with zero attached hydrogens (tertiary/aromatic N) is 1. The van der Waals surface area contributed by atoms with E-state index in [4.69, 9.17) is 0 Å². The summed E-state index contributed by atoms with van der Waals surface area (Å²) in [5.74, 6) is 4.29. The summed E-state index contributed by atoms with van der Waals surface area (Å²) in [7, 11) is 0. The lowest BCUT2D eigenvalue weighted by atomic mass is 9.50. The van der Waals surface area contributed by atoms with Crippen LogP contribution in [0.15, 0.2) is 194 Å². The Balaban J connectivity index is 1.00. The van der Waals surface area contributed by atoms with Crippen LogP contribution in [0.1, 0.15) is 43.6 Å². The molecule has 0 aromatic heterocycles. The summed E-state index contributed by atoms with van der Waals surface area (Å²) in [6.07, 6.45) is 7.22. The van der Waals surface area contributed by atoms with Crippen LogP contribution in [0.25, 0.3) is 55.3 Å². The first-order valence-corrected chi connectivity index (χ1v) is 21.1. The van der Waals surface area contributed by atoms with E-state index in [0.717, 1.165) is 40.7 Å². The standard InChI is InChI=1S/C56H47N/c1-4-11-40(12-5-1)42-19-25-49(26-20-42)57(50-27-21-43(22-28-50)41-13-6-2-7-14-41)51-29-23-44(24-30-51)46-36-54(45-15-8-3-9-16-45)52-17-10-18-53(55(52)37-46)56-47-32-38-31-39(34-47)35-48(56)33-38/h1-30,36-39,47-48,56H,31-35H2. The van der Waals surface area contributed by atoms with E-state index in [2.05, 4.69) is 199 Å². The molecule has 0 amide bonds. The molecule has 4 fully saturated rings. The summed E-state index contributed by atoms with van der Waals surface area (Å²) in [4.78, 5) is 2.38. The molecule has 57 heavy (non-hydrogen) atoms. The summed E-state index contributed by atoms with van der Waals surface area (Å²) in [6.45, 7) is 0. The van der Waals surface area contributed by atoms with Gasteiger partial charge in [0.25, 0.3) is 0 Å². The maximum Gasteiger partial charge on any atom is 0.0462 e. The van der Waals surface area contributed by atoms with Crippen LogP contribution < -0.4 is 4.90 Å². The van der Waals surface area contributed by atoms with E-state index in [1.54, 1.807) is 5.56 Å². The second kappa shape index (κ2) is 14.4. The molecule has 0 heterocycles. The minimum atomic E-state index is 0.679. The first-order chi connectivity index (χ1) is 28.2. The minimum absolute atomic E-state index is 0.679. The van der Waals surface area contributed by atoms with E-state index in [0.29, 0.717) is 5.92 Å². The highest BCUT2D eigenvalue weighted by molar-refractivity contribution is 6.02. The van der Waals surface area contributed by atoms with Crippen LogP contribution in [-0.2, 0) is 0 Å². The fourth-order valence-electron chi connectivity index (χ4n) is 11.3. The summed E-state index contributed by atoms with van der Waals surface area (Å²) in [5, 5.41) is 2.84. The molecule has 4 bridgehead atoms. The zero-order valence-corrected chi connectivity index (χ0v) is 32.3. The van der Waals surface area contributed by atoms with E-state index in [-0.39, 0.29) is 0 Å². The Hall–Kier alpha value is -6.18. The maximum atomic E-state index is 2.53. The number of benzene rings is 8. The Bertz CT molecular complexity index is 2530. The van der Waals surface area contributed by atoms with Crippen LogP contribution >= 0.6 is 0 Å². The zero-order valence-electron chi connectivity index (χ0n) is 32.3. The molecule has 0 saturated heterocycles. The molecule has 0 atom stereocenters. The highest BCUT2D eigenvalue weighted by Crippen LogP contribution is 2.60. The molecule has 0 radical (unpaired) electrons. The molecule has 4 saturated carbocycles. The molecule has 1 nitrogen and oxygen atoms in total. The van der Waals surface area contributed by atoms with Crippen molar-refractivity contribution in [2.45, 2.75) is 38.0 Å². The number of fused-ring (bicyclic) bond motifs is 1. The number of rotatable bonds is 8. The lowest BCUT2D eigenvalue weighted by molar-refractivity contribution is -0.00230. The van der Waals surface area contributed by atoms with Gasteiger partial charge in [-0.15, -0.1) is 0 Å². The predicted octanol–water partition coefficient (Wildman–Crippen LogP) is 15.5. The van der Waals surface area contributed by atoms with E-state index < -0.39 is 0 Å². The predicted molar refractivity (Wildman–Crippen MR) is 240 cm³/mol. The summed E-state index contributed by atoms with van der Waals surface area (Å²) in [6, 6.07) is 71.7. The fraction of sp³-hybridized carbons (Fsp3) is 0.179. The van der Waals surface area contributed by atoms with E-state index in [1.165, 1.54) is 87.4 Å². The molecular weight excluding hydrogens is 687 g/mol. The van der Waals surface area contributed by atoms with Gasteiger partial charge in [-0.05, 0) is 171 Å². The largest absolute Gasteiger partial charge is 0.311 e. The van der Waals surface area contributed by atoms with Gasteiger partial charge in [0.2, 0.25) is 0 Å². The van der Waals surface area contributed by atoms with Gasteiger partial charge >= 0.3 is 0 Å². The Labute approximate surface area is 337 Å². The lowest BCUT2D eigenvalue weighted by Gasteiger charge is -2.54. The van der Waals surface area contributed by atoms with Crippen molar-refractivity contribution in [2.24, 2.45) is 23.7 Å². The van der Waals surface area contributed by atoms with Crippen molar-refractivity contribution in [2.75, 3.05) is 4.90 Å². The highest BCUT2D eigenvalue weighted by Gasteiger charge is 2.48. The van der Waals surface area contributed by atoms with Crippen LogP contribution in [0.4, 0.5) is 17.1 Å². The van der Waals surface area contributed by atoms with Crippen LogP contribution in [0.5, 0.6) is 0 Å². The van der Waals surface area contributed by atoms with Crippen LogP contribution in [0, 0.1) is 23.7 Å². The Morgan fingerprint density at radius 1 is 0.316 bits per heavy atom. The molecule has 4 aliphatic carbocycles. The second-order valence-electron chi connectivity index (χ2n) is 17.0. The SMILES string of the molecule is c1ccc(-c2ccc(N(c3ccc(-c4ccccc4)cc3)c3ccc(-c4cc(-c5ccccc5)c5cccc(C6C7CC8CC(C7)CC6C8)c5c4)cc3)cc2)cc1. The Morgan fingerprint density at radius 3 is 1.21 bits per heavy atom. The zero-order chi connectivity index (χ0) is 37.7. The van der Waals surface area contributed by atoms with Gasteiger partial charge in [0, 0.05) is 17.1 Å². The highest BCUT2D eigenvalue weighted by atomic mass is 15.1. The van der Waals surface area contributed by atoms with Crippen LogP contribution in [0.3, 0.4) is 0 Å². The van der Waals surface area contributed by atoms with Gasteiger partial charge < -0.3 is 4.90 Å². The maximum absolute atomic E-state index is 2.53. The van der Waals surface area contributed by atoms with Gasteiger partial charge in [0.05, 0.1) is 0 Å². The molecule has 0 unspecified atom stereocenters. The van der Waals surface area contributed by atoms with Crippen molar-refractivity contribution in [1.29, 1.82) is 0 Å². The molecule has 12 rings (SSSR count). The summed E-state index contributed by atoms with van der Waals surface area (Å²) < 4.78 is 0. The van der Waals surface area contributed by atoms with Crippen molar-refractivity contribution >= 4 is 27.8 Å². The molecule has 0 aliphatic heterocycles. The smallest absolute Gasteiger partial charge is 0.0462 e. The normalized spacial score (nSPS) is 20.8. The average molecular weight is 734 g/mol. The molecule has 8 aromatic rings. The fourth-order valence-corrected chi connectivity index (χ4v) is 11.3. The Kier molecular flexibility index (Phi) is 8.61. The third kappa shape index (κ3) is 6.36. The first-order valence-electron chi connectivity index (χ1n) is 21.1. The minimum Gasteiger partial charge on any atom is -0.311 e. The third-order valence-electron chi connectivity index (χ3n) is 13.6. The molecule has 276 valence electrons. The van der Waals surface area contributed by atoms with Gasteiger partial charge in [-0.3, -0.25) is 0 Å². The molecule has 1 heteroatoms. The van der Waals surface area contributed by atoms with Crippen LogP contribution in [-0.4, -0.2) is 0 Å². The Morgan fingerprint density at radius 2 is 0.737 bits per heavy atom. The number of anilines is 3. The van der Waals surface area contributed by atoms with Gasteiger partial charge in [-0.25, -0.2) is 0 Å². The quantitative estimate of drug-likeness (QED) is 0.150. The van der Waals surface area contributed by atoms with Crippen molar-refractivity contribution in [3.05, 3.63) is 200 Å². The average Bonchev–Trinajstić information content (AvgIpc) is 3.27. The van der Waals surface area contributed by atoms with Gasteiger partial charge in [-0.1, -0.05) is 146 Å².